The minimum Gasteiger partial charge on any atom is -0.491 e. The molecule has 2 atom stereocenters. The highest BCUT2D eigenvalue weighted by atomic mass is 32.2. The average molecular weight is 475 g/mol. The predicted octanol–water partition coefficient (Wildman–Crippen LogP) is 4.47. The molecule has 3 N–H and O–H groups in total. The van der Waals surface area contributed by atoms with E-state index in [1.54, 1.807) is 29.2 Å². The fourth-order valence-electron chi connectivity index (χ4n) is 4.16. The number of nitrogens with one attached hydrogen (secondary N) is 1. The molecule has 0 bridgehead atoms. The number of halogens is 3. The summed E-state index contributed by atoms with van der Waals surface area (Å²) < 4.78 is 46.9. The number of aromatic nitrogens is 1. The number of hydrogen-bond acceptors (Lipinski definition) is 6. The number of hydrogen-bond donors (Lipinski definition) is 2. The van der Waals surface area contributed by atoms with Crippen molar-refractivity contribution in [2.24, 2.45) is 5.14 Å². The summed E-state index contributed by atoms with van der Waals surface area (Å²) in [6, 6.07) is 10.8. The Hall–Kier alpha value is -3.24. The standard InChI is InChI=1S/C23H21F3N4O2S/c1-32-22-18(7-6-17(25)20(22)26)30-11-9-16(13-2-4-14(24)5-3-13)21(30)23(31)29-15-8-10-28-19(12-15)33-27/h2-8,10,12,16,21H,9,11,27H2,1H3,(H,28,29,31). The van der Waals surface area contributed by atoms with E-state index in [1.807, 2.05) is 0 Å². The lowest BCUT2D eigenvalue weighted by Crippen LogP contribution is -2.42. The van der Waals surface area contributed by atoms with Crippen LogP contribution in [0, 0.1) is 17.5 Å². The molecule has 6 nitrogen and oxygen atoms in total. The van der Waals surface area contributed by atoms with E-state index in [1.165, 1.54) is 31.5 Å². The first-order valence-corrected chi connectivity index (χ1v) is 11.0. The van der Waals surface area contributed by atoms with Gasteiger partial charge in [0.05, 0.1) is 12.8 Å². The summed E-state index contributed by atoms with van der Waals surface area (Å²) in [6.07, 6.45) is 2.05. The number of nitrogens with two attached hydrogens (primary N) is 1. The first kappa shape index (κ1) is 22.9. The number of anilines is 2. The molecule has 2 unspecified atom stereocenters. The molecule has 3 aromatic rings. The maximum absolute atomic E-state index is 14.4. The fourth-order valence-corrected chi connectivity index (χ4v) is 4.47. The number of methoxy groups -OCH3 is 1. The number of ether oxygens (including phenoxy) is 1. The van der Waals surface area contributed by atoms with Gasteiger partial charge < -0.3 is 15.0 Å². The van der Waals surface area contributed by atoms with Crippen molar-refractivity contribution in [2.45, 2.75) is 23.4 Å². The smallest absolute Gasteiger partial charge is 0.247 e. The van der Waals surface area contributed by atoms with Crippen LogP contribution >= 0.6 is 11.9 Å². The van der Waals surface area contributed by atoms with Gasteiger partial charge in [0.2, 0.25) is 11.7 Å². The molecule has 1 aromatic heterocycles. The summed E-state index contributed by atoms with van der Waals surface area (Å²) in [5.74, 6) is -3.53. The van der Waals surface area contributed by atoms with E-state index in [4.69, 9.17) is 9.88 Å². The molecule has 2 heterocycles. The van der Waals surface area contributed by atoms with Crippen LogP contribution in [0.5, 0.6) is 5.75 Å². The molecule has 0 radical (unpaired) electrons. The van der Waals surface area contributed by atoms with E-state index in [9.17, 15) is 18.0 Å². The lowest BCUT2D eigenvalue weighted by Gasteiger charge is -2.30. The summed E-state index contributed by atoms with van der Waals surface area (Å²) in [5, 5.41) is 8.94. The lowest BCUT2D eigenvalue weighted by atomic mass is 9.91. The van der Waals surface area contributed by atoms with Crippen molar-refractivity contribution in [3.63, 3.8) is 0 Å². The third-order valence-corrected chi connectivity index (χ3v) is 6.10. The molecule has 1 aliphatic heterocycles. The van der Waals surface area contributed by atoms with Gasteiger partial charge in [-0.1, -0.05) is 12.1 Å². The van der Waals surface area contributed by atoms with Gasteiger partial charge in [-0.15, -0.1) is 0 Å². The molecule has 4 rings (SSSR count). The van der Waals surface area contributed by atoms with Crippen molar-refractivity contribution in [1.29, 1.82) is 0 Å². The van der Waals surface area contributed by atoms with Crippen LogP contribution in [0.4, 0.5) is 24.5 Å². The zero-order valence-corrected chi connectivity index (χ0v) is 18.4. The number of carbonyl (C=O) groups excluding carboxylic acids is 1. The summed E-state index contributed by atoms with van der Waals surface area (Å²) in [6.45, 7) is 0.377. The van der Waals surface area contributed by atoms with Crippen LogP contribution < -0.4 is 20.1 Å². The number of pyridine rings is 1. The van der Waals surface area contributed by atoms with Crippen LogP contribution in [0.1, 0.15) is 17.9 Å². The maximum Gasteiger partial charge on any atom is 0.247 e. The molecule has 33 heavy (non-hydrogen) atoms. The summed E-state index contributed by atoms with van der Waals surface area (Å²) in [7, 11) is 1.24. The quantitative estimate of drug-likeness (QED) is 0.513. The van der Waals surface area contributed by atoms with Crippen LogP contribution in [0.2, 0.25) is 0 Å². The monoisotopic (exact) mass is 474 g/mol. The Bertz CT molecular complexity index is 1160. The van der Waals surface area contributed by atoms with Gasteiger partial charge in [0.25, 0.3) is 0 Å². The Balaban J connectivity index is 1.74. The number of benzene rings is 2. The molecular formula is C23H21F3N4O2S. The number of amides is 1. The van der Waals surface area contributed by atoms with Crippen molar-refractivity contribution < 1.29 is 22.7 Å². The second-order valence-electron chi connectivity index (χ2n) is 7.49. The molecule has 10 heteroatoms. The van der Waals surface area contributed by atoms with Gasteiger partial charge in [0.1, 0.15) is 16.9 Å². The van der Waals surface area contributed by atoms with Gasteiger partial charge in [-0.25, -0.2) is 13.8 Å². The topological polar surface area (TPSA) is 80.5 Å². The number of nitrogens with zero attached hydrogens (tertiary/aromatic N) is 2. The van der Waals surface area contributed by atoms with E-state index in [-0.39, 0.29) is 29.1 Å². The Morgan fingerprint density at radius 2 is 1.94 bits per heavy atom. The largest absolute Gasteiger partial charge is 0.491 e. The first-order chi connectivity index (χ1) is 15.9. The number of rotatable bonds is 6. The summed E-state index contributed by atoms with van der Waals surface area (Å²) in [5.41, 5.74) is 1.51. The third-order valence-electron chi connectivity index (χ3n) is 5.63. The molecule has 2 aromatic carbocycles. The van der Waals surface area contributed by atoms with Crippen molar-refractivity contribution in [2.75, 3.05) is 23.9 Å². The van der Waals surface area contributed by atoms with Crippen LogP contribution in [-0.4, -0.2) is 30.6 Å². The molecule has 1 saturated heterocycles. The Labute approximate surface area is 193 Å². The number of carbonyl (C=O) groups is 1. The first-order valence-electron chi connectivity index (χ1n) is 10.1. The van der Waals surface area contributed by atoms with Crippen LogP contribution in [0.25, 0.3) is 0 Å². The lowest BCUT2D eigenvalue weighted by molar-refractivity contribution is -0.117. The Kier molecular flexibility index (Phi) is 6.75. The van der Waals surface area contributed by atoms with Crippen molar-refractivity contribution in [3.8, 4) is 5.75 Å². The molecule has 1 fully saturated rings. The van der Waals surface area contributed by atoms with Gasteiger partial charge in [-0.2, -0.15) is 4.39 Å². The van der Waals surface area contributed by atoms with Crippen molar-refractivity contribution >= 4 is 29.2 Å². The van der Waals surface area contributed by atoms with Gasteiger partial charge in [0, 0.05) is 24.3 Å². The van der Waals surface area contributed by atoms with Crippen molar-refractivity contribution in [1.82, 2.24) is 4.98 Å². The molecule has 0 saturated carbocycles. The summed E-state index contributed by atoms with van der Waals surface area (Å²) in [4.78, 5) is 19.3. The SMILES string of the molecule is COc1c(N2CCC(c3ccc(F)cc3)C2C(=O)Nc2ccnc(SN)c2)ccc(F)c1F. The van der Waals surface area contributed by atoms with Crippen molar-refractivity contribution in [3.05, 3.63) is 77.7 Å². The van der Waals surface area contributed by atoms with Gasteiger partial charge >= 0.3 is 0 Å². The second-order valence-corrected chi connectivity index (χ2v) is 8.14. The maximum atomic E-state index is 14.4. The minimum atomic E-state index is -1.13. The zero-order valence-electron chi connectivity index (χ0n) is 17.6. The van der Waals surface area contributed by atoms with Crippen LogP contribution in [0.3, 0.4) is 0 Å². The molecular weight excluding hydrogens is 453 g/mol. The Morgan fingerprint density at radius 3 is 2.64 bits per heavy atom. The normalized spacial score (nSPS) is 17.8. The van der Waals surface area contributed by atoms with E-state index < -0.39 is 17.7 Å². The van der Waals surface area contributed by atoms with E-state index in [0.29, 0.717) is 23.7 Å². The van der Waals surface area contributed by atoms with E-state index in [2.05, 4.69) is 10.3 Å². The molecule has 0 spiro atoms. The van der Waals surface area contributed by atoms with Gasteiger partial charge in [-0.05, 0) is 60.3 Å². The fraction of sp³-hybridized carbons (Fsp3) is 0.217. The molecule has 172 valence electrons. The molecule has 0 aliphatic carbocycles. The third kappa shape index (κ3) is 4.62. The van der Waals surface area contributed by atoms with E-state index in [0.717, 1.165) is 23.6 Å². The highest BCUT2D eigenvalue weighted by Crippen LogP contribution is 2.42. The van der Waals surface area contributed by atoms with E-state index >= 15 is 0 Å². The second kappa shape index (κ2) is 9.72. The van der Waals surface area contributed by atoms with Crippen LogP contribution in [0.15, 0.2) is 59.8 Å². The zero-order chi connectivity index (χ0) is 23.5. The average Bonchev–Trinajstić information content (AvgIpc) is 3.26. The predicted molar refractivity (Wildman–Crippen MR) is 121 cm³/mol. The van der Waals surface area contributed by atoms with Gasteiger partial charge in [0.15, 0.2) is 11.6 Å². The highest BCUT2D eigenvalue weighted by Gasteiger charge is 2.42. The molecule has 1 aliphatic rings. The summed E-state index contributed by atoms with van der Waals surface area (Å²) >= 11 is 0.944. The van der Waals surface area contributed by atoms with Gasteiger partial charge in [-0.3, -0.25) is 9.93 Å². The Morgan fingerprint density at radius 1 is 1.18 bits per heavy atom. The van der Waals surface area contributed by atoms with Crippen LogP contribution in [-0.2, 0) is 4.79 Å². The minimum absolute atomic E-state index is 0.258. The highest BCUT2D eigenvalue weighted by molar-refractivity contribution is 7.97. The molecule has 1 amide bonds.